The summed E-state index contributed by atoms with van der Waals surface area (Å²) in [7, 11) is 0. The van der Waals surface area contributed by atoms with Gasteiger partial charge < -0.3 is 9.42 Å². The fourth-order valence-corrected chi connectivity index (χ4v) is 3.99. The summed E-state index contributed by atoms with van der Waals surface area (Å²) in [6.07, 6.45) is 2.20. The molecule has 7 heteroatoms. The maximum absolute atomic E-state index is 12.6. The quantitative estimate of drug-likeness (QED) is 0.681. The SMILES string of the molecule is O=C(Cc1cccs1)N1CCCC1c1nc(-c2cccc(Cl)c2)no1. The van der Waals surface area contributed by atoms with Crippen LogP contribution in [0.2, 0.25) is 5.02 Å². The molecule has 0 radical (unpaired) electrons. The van der Waals surface area contributed by atoms with Crippen LogP contribution in [0, 0.1) is 0 Å². The minimum absolute atomic E-state index is 0.104. The zero-order valence-electron chi connectivity index (χ0n) is 13.4. The van der Waals surface area contributed by atoms with E-state index in [0.717, 1.165) is 29.8 Å². The van der Waals surface area contributed by atoms with Gasteiger partial charge in [0, 0.05) is 22.0 Å². The number of halogens is 1. The number of carbonyl (C=O) groups excluding carboxylic acids is 1. The van der Waals surface area contributed by atoms with Crippen LogP contribution in [0.4, 0.5) is 0 Å². The molecule has 1 fully saturated rings. The molecule has 1 unspecified atom stereocenters. The molecule has 25 heavy (non-hydrogen) atoms. The van der Waals surface area contributed by atoms with E-state index in [1.54, 1.807) is 23.5 Å². The van der Waals surface area contributed by atoms with Crippen molar-refractivity contribution in [3.05, 3.63) is 57.6 Å². The van der Waals surface area contributed by atoms with Crippen LogP contribution in [0.25, 0.3) is 11.4 Å². The molecule has 3 heterocycles. The summed E-state index contributed by atoms with van der Waals surface area (Å²) in [4.78, 5) is 20.1. The highest BCUT2D eigenvalue weighted by molar-refractivity contribution is 7.10. The van der Waals surface area contributed by atoms with Gasteiger partial charge in [-0.3, -0.25) is 4.79 Å². The molecule has 3 aromatic rings. The van der Waals surface area contributed by atoms with Crippen molar-refractivity contribution in [3.63, 3.8) is 0 Å². The first kappa shape index (κ1) is 16.3. The highest BCUT2D eigenvalue weighted by Crippen LogP contribution is 2.33. The minimum Gasteiger partial charge on any atom is -0.337 e. The number of aromatic nitrogens is 2. The molecule has 128 valence electrons. The Bertz CT molecular complexity index is 878. The number of hydrogen-bond donors (Lipinski definition) is 0. The Hall–Kier alpha value is -2.18. The van der Waals surface area contributed by atoms with E-state index in [4.69, 9.17) is 16.1 Å². The summed E-state index contributed by atoms with van der Waals surface area (Å²) in [5.74, 6) is 1.09. The van der Waals surface area contributed by atoms with Crippen LogP contribution in [0.3, 0.4) is 0 Å². The molecule has 0 N–H and O–H groups in total. The molecule has 5 nitrogen and oxygen atoms in total. The molecule has 1 aliphatic heterocycles. The van der Waals surface area contributed by atoms with Gasteiger partial charge in [0.1, 0.15) is 6.04 Å². The van der Waals surface area contributed by atoms with Crippen LogP contribution in [-0.4, -0.2) is 27.5 Å². The van der Waals surface area contributed by atoms with Crippen molar-refractivity contribution in [2.45, 2.75) is 25.3 Å². The fourth-order valence-electron chi connectivity index (χ4n) is 3.10. The second kappa shape index (κ2) is 6.98. The molecule has 1 saturated heterocycles. The average molecular weight is 374 g/mol. The molecule has 4 rings (SSSR count). The van der Waals surface area contributed by atoms with Gasteiger partial charge in [-0.1, -0.05) is 35.0 Å². The number of nitrogens with zero attached hydrogens (tertiary/aromatic N) is 3. The molecule has 2 aromatic heterocycles. The van der Waals surface area contributed by atoms with E-state index in [9.17, 15) is 4.79 Å². The Kier molecular flexibility index (Phi) is 4.55. The van der Waals surface area contributed by atoms with E-state index >= 15 is 0 Å². The van der Waals surface area contributed by atoms with E-state index in [0.29, 0.717) is 23.2 Å². The Morgan fingerprint density at radius 3 is 3.08 bits per heavy atom. The maximum Gasteiger partial charge on any atom is 0.249 e. The number of likely N-dealkylation sites (tertiary alicyclic amines) is 1. The van der Waals surface area contributed by atoms with Crippen LogP contribution >= 0.6 is 22.9 Å². The Balaban J connectivity index is 1.53. The zero-order chi connectivity index (χ0) is 17.2. The van der Waals surface area contributed by atoms with Crippen molar-refractivity contribution in [3.8, 4) is 11.4 Å². The van der Waals surface area contributed by atoms with Gasteiger partial charge in [-0.05, 0) is 36.4 Å². The van der Waals surface area contributed by atoms with E-state index < -0.39 is 0 Å². The van der Waals surface area contributed by atoms with Crippen LogP contribution in [0.5, 0.6) is 0 Å². The summed E-state index contributed by atoms with van der Waals surface area (Å²) >= 11 is 7.62. The van der Waals surface area contributed by atoms with Crippen LogP contribution in [0.15, 0.2) is 46.3 Å². The van der Waals surface area contributed by atoms with Crippen molar-refractivity contribution < 1.29 is 9.32 Å². The van der Waals surface area contributed by atoms with E-state index in [1.807, 2.05) is 34.5 Å². The lowest BCUT2D eigenvalue weighted by atomic mass is 10.2. The highest BCUT2D eigenvalue weighted by Gasteiger charge is 2.34. The molecular weight excluding hydrogens is 358 g/mol. The van der Waals surface area contributed by atoms with E-state index in [2.05, 4.69) is 10.1 Å². The first-order valence-corrected chi connectivity index (χ1v) is 9.38. The summed E-state index contributed by atoms with van der Waals surface area (Å²) in [5.41, 5.74) is 0.803. The van der Waals surface area contributed by atoms with Crippen molar-refractivity contribution in [2.24, 2.45) is 0 Å². The maximum atomic E-state index is 12.6. The van der Waals surface area contributed by atoms with Gasteiger partial charge in [-0.15, -0.1) is 11.3 Å². The molecule has 0 spiro atoms. The Labute approximate surface area is 154 Å². The second-order valence-electron chi connectivity index (χ2n) is 5.97. The largest absolute Gasteiger partial charge is 0.337 e. The third-order valence-corrected chi connectivity index (χ3v) is 5.40. The van der Waals surface area contributed by atoms with Gasteiger partial charge in [0.2, 0.25) is 17.6 Å². The summed E-state index contributed by atoms with van der Waals surface area (Å²) in [6.45, 7) is 0.726. The monoisotopic (exact) mass is 373 g/mol. The molecule has 0 bridgehead atoms. The van der Waals surface area contributed by atoms with Crippen molar-refractivity contribution in [2.75, 3.05) is 6.54 Å². The van der Waals surface area contributed by atoms with Gasteiger partial charge in [0.25, 0.3) is 0 Å². The topological polar surface area (TPSA) is 59.2 Å². The Morgan fingerprint density at radius 2 is 2.28 bits per heavy atom. The molecular formula is C18H16ClN3O2S. The van der Waals surface area contributed by atoms with E-state index in [-0.39, 0.29) is 11.9 Å². The lowest BCUT2D eigenvalue weighted by Gasteiger charge is -2.21. The number of hydrogen-bond acceptors (Lipinski definition) is 5. The predicted molar refractivity (Wildman–Crippen MR) is 96.5 cm³/mol. The van der Waals surface area contributed by atoms with Crippen LogP contribution in [-0.2, 0) is 11.2 Å². The number of benzene rings is 1. The molecule has 1 amide bonds. The Morgan fingerprint density at radius 1 is 1.36 bits per heavy atom. The lowest BCUT2D eigenvalue weighted by Crippen LogP contribution is -2.31. The third-order valence-electron chi connectivity index (χ3n) is 4.29. The van der Waals surface area contributed by atoms with Crippen molar-refractivity contribution in [1.29, 1.82) is 0 Å². The molecule has 1 atom stereocenters. The average Bonchev–Trinajstić information content (AvgIpc) is 3.35. The molecule has 0 aliphatic carbocycles. The summed E-state index contributed by atoms with van der Waals surface area (Å²) < 4.78 is 5.46. The smallest absolute Gasteiger partial charge is 0.249 e. The van der Waals surface area contributed by atoms with Crippen LogP contribution < -0.4 is 0 Å². The van der Waals surface area contributed by atoms with Gasteiger partial charge in [0.15, 0.2) is 0 Å². The fraction of sp³-hybridized carbons (Fsp3) is 0.278. The van der Waals surface area contributed by atoms with Gasteiger partial charge >= 0.3 is 0 Å². The normalized spacial score (nSPS) is 17.2. The van der Waals surface area contributed by atoms with Gasteiger partial charge in [-0.2, -0.15) is 4.98 Å². The van der Waals surface area contributed by atoms with Gasteiger partial charge in [-0.25, -0.2) is 0 Å². The predicted octanol–water partition coefficient (Wildman–Crippen LogP) is 4.36. The zero-order valence-corrected chi connectivity index (χ0v) is 15.0. The molecule has 1 aliphatic rings. The minimum atomic E-state index is -0.145. The first-order valence-electron chi connectivity index (χ1n) is 8.12. The number of amides is 1. The van der Waals surface area contributed by atoms with Crippen LogP contribution in [0.1, 0.15) is 29.7 Å². The number of rotatable bonds is 4. The van der Waals surface area contributed by atoms with Crippen molar-refractivity contribution >= 4 is 28.8 Å². The first-order chi connectivity index (χ1) is 12.2. The second-order valence-corrected chi connectivity index (χ2v) is 7.44. The summed E-state index contributed by atoms with van der Waals surface area (Å²) in [5, 5.41) is 6.67. The van der Waals surface area contributed by atoms with Crippen molar-refractivity contribution in [1.82, 2.24) is 15.0 Å². The lowest BCUT2D eigenvalue weighted by molar-refractivity contribution is -0.131. The summed E-state index contributed by atoms with van der Waals surface area (Å²) in [6, 6.07) is 11.1. The molecule has 0 saturated carbocycles. The number of thiophene rings is 1. The molecule has 1 aromatic carbocycles. The van der Waals surface area contributed by atoms with E-state index in [1.165, 1.54) is 0 Å². The third kappa shape index (κ3) is 3.45. The standard InChI is InChI=1S/C18H16ClN3O2S/c19-13-5-1-4-12(10-13)17-20-18(24-21-17)15-7-2-8-22(15)16(23)11-14-6-3-9-25-14/h1,3-6,9-10,15H,2,7-8,11H2. The highest BCUT2D eigenvalue weighted by atomic mass is 35.5. The number of carbonyl (C=O) groups is 1. The van der Waals surface area contributed by atoms with Gasteiger partial charge in [0.05, 0.1) is 6.42 Å².